The van der Waals surface area contributed by atoms with E-state index in [-0.39, 0.29) is 25.9 Å². The van der Waals surface area contributed by atoms with Gasteiger partial charge in [0.25, 0.3) is 0 Å². The molecule has 236 valence electrons. The molecule has 2 aromatic heterocycles. The first kappa shape index (κ1) is 31.5. The lowest BCUT2D eigenvalue weighted by molar-refractivity contribution is -0.132. The van der Waals surface area contributed by atoms with Crippen LogP contribution in [0.2, 0.25) is 0 Å². The molecule has 0 spiro atoms. The van der Waals surface area contributed by atoms with Crippen molar-refractivity contribution in [1.82, 2.24) is 30.9 Å². The van der Waals surface area contributed by atoms with Gasteiger partial charge in [0.2, 0.25) is 17.7 Å². The predicted octanol–water partition coefficient (Wildman–Crippen LogP) is 2.67. The number of nitrogens with one attached hydrogen (secondary N) is 5. The largest absolute Gasteiger partial charge is 0.445 e. The number of H-pyrrole nitrogens is 2. The van der Waals surface area contributed by atoms with E-state index in [1.54, 1.807) is 6.20 Å². The SMILES string of the molecule is NC(=O)[C@H](Cc1cnc[nH]1)NC(=O)[C@H](Cc1c[nH]c2ccccc12)NC(=O)[C@H](Cc1ccccc1)NC(=O)OCc1ccccc1. The first-order chi connectivity index (χ1) is 22.4. The molecule has 4 amide bonds. The molecule has 0 radical (unpaired) electrons. The van der Waals surface area contributed by atoms with E-state index in [9.17, 15) is 19.2 Å². The van der Waals surface area contributed by atoms with E-state index in [4.69, 9.17) is 10.5 Å². The molecule has 12 nitrogen and oxygen atoms in total. The third-order valence-corrected chi connectivity index (χ3v) is 7.47. The maximum absolute atomic E-state index is 13.9. The van der Waals surface area contributed by atoms with Crippen LogP contribution in [0.25, 0.3) is 10.9 Å². The number of imidazole rings is 1. The Morgan fingerprint density at radius 1 is 0.717 bits per heavy atom. The minimum atomic E-state index is -1.13. The summed E-state index contributed by atoms with van der Waals surface area (Å²) in [4.78, 5) is 62.8. The Kier molecular flexibility index (Phi) is 10.4. The van der Waals surface area contributed by atoms with Crippen LogP contribution < -0.4 is 21.7 Å². The second-order valence-electron chi connectivity index (χ2n) is 10.8. The molecule has 0 aliphatic rings. The van der Waals surface area contributed by atoms with Crippen molar-refractivity contribution in [1.29, 1.82) is 0 Å². The third kappa shape index (κ3) is 8.59. The number of aromatic amines is 2. The number of carbonyl (C=O) groups is 4. The number of hydrogen-bond donors (Lipinski definition) is 6. The van der Waals surface area contributed by atoms with Gasteiger partial charge < -0.3 is 36.4 Å². The molecule has 5 rings (SSSR count). The summed E-state index contributed by atoms with van der Waals surface area (Å²) >= 11 is 0. The number of rotatable bonds is 14. The Bertz CT molecular complexity index is 1760. The minimum Gasteiger partial charge on any atom is -0.445 e. The first-order valence-corrected chi connectivity index (χ1v) is 14.8. The minimum absolute atomic E-state index is 0.0166. The van der Waals surface area contributed by atoms with Gasteiger partial charge >= 0.3 is 6.09 Å². The Balaban J connectivity index is 1.36. The number of nitrogens with two attached hydrogens (primary N) is 1. The highest BCUT2D eigenvalue weighted by molar-refractivity contribution is 5.94. The zero-order valence-corrected chi connectivity index (χ0v) is 24.9. The molecule has 3 atom stereocenters. The van der Waals surface area contributed by atoms with Crippen LogP contribution in [0, 0.1) is 0 Å². The Labute approximate surface area is 265 Å². The smallest absolute Gasteiger partial charge is 0.408 e. The van der Waals surface area contributed by atoms with Crippen LogP contribution in [-0.4, -0.2) is 56.9 Å². The zero-order valence-electron chi connectivity index (χ0n) is 24.9. The molecule has 2 heterocycles. The van der Waals surface area contributed by atoms with Gasteiger partial charge in [0.15, 0.2) is 0 Å². The van der Waals surface area contributed by atoms with Gasteiger partial charge in [-0.15, -0.1) is 0 Å². The van der Waals surface area contributed by atoms with Gasteiger partial charge in [-0.1, -0.05) is 78.9 Å². The van der Waals surface area contributed by atoms with Gasteiger partial charge in [-0.25, -0.2) is 9.78 Å². The molecule has 0 bridgehead atoms. The van der Waals surface area contributed by atoms with Gasteiger partial charge in [0.1, 0.15) is 24.7 Å². The normalized spacial score (nSPS) is 12.9. The van der Waals surface area contributed by atoms with E-state index < -0.39 is 41.9 Å². The highest BCUT2D eigenvalue weighted by Crippen LogP contribution is 2.19. The van der Waals surface area contributed by atoms with Crippen molar-refractivity contribution in [2.45, 2.75) is 44.0 Å². The van der Waals surface area contributed by atoms with Crippen LogP contribution in [0.5, 0.6) is 0 Å². The lowest BCUT2D eigenvalue weighted by Gasteiger charge is -2.25. The fourth-order valence-electron chi connectivity index (χ4n) is 5.08. The quantitative estimate of drug-likeness (QED) is 0.111. The summed E-state index contributed by atoms with van der Waals surface area (Å²) in [5, 5.41) is 9.04. The van der Waals surface area contributed by atoms with Crippen molar-refractivity contribution in [3.05, 3.63) is 126 Å². The standard InChI is InChI=1S/C34H35N7O5/c35-31(42)28(17-25-19-36-21-38-25)39-33(44)30(16-24-18-37-27-14-8-7-13-26(24)27)40-32(43)29(15-22-9-3-1-4-10-22)41-34(45)46-20-23-11-5-2-6-12-23/h1-14,18-19,21,28-30,37H,15-17,20H2,(H2,35,42)(H,36,38)(H,39,44)(H,40,43)(H,41,45)/t28-,29-,30-/m0/s1. The second-order valence-corrected chi connectivity index (χ2v) is 10.8. The molecule has 0 aliphatic carbocycles. The number of fused-ring (bicyclic) bond motifs is 1. The monoisotopic (exact) mass is 621 g/mol. The van der Waals surface area contributed by atoms with Gasteiger partial charge in [0, 0.05) is 48.3 Å². The molecule has 46 heavy (non-hydrogen) atoms. The number of primary amides is 1. The number of benzene rings is 3. The topological polar surface area (TPSA) is 184 Å². The number of alkyl carbamates (subject to hydrolysis) is 1. The van der Waals surface area contributed by atoms with Crippen molar-refractivity contribution in [2.24, 2.45) is 5.73 Å². The summed E-state index contributed by atoms with van der Waals surface area (Å²) in [6.07, 6.45) is 4.29. The van der Waals surface area contributed by atoms with Gasteiger partial charge in [0.05, 0.1) is 6.33 Å². The molecule has 0 saturated heterocycles. The number of amides is 4. The summed E-state index contributed by atoms with van der Waals surface area (Å²) < 4.78 is 5.39. The van der Waals surface area contributed by atoms with Crippen molar-refractivity contribution >= 4 is 34.7 Å². The molecule has 12 heteroatoms. The average molecular weight is 622 g/mol. The summed E-state index contributed by atoms with van der Waals surface area (Å²) in [6, 6.07) is 22.6. The van der Waals surface area contributed by atoms with Crippen LogP contribution in [0.3, 0.4) is 0 Å². The maximum atomic E-state index is 13.9. The zero-order chi connectivity index (χ0) is 32.3. The number of carbonyl (C=O) groups excluding carboxylic acids is 4. The van der Waals surface area contributed by atoms with Gasteiger partial charge in [-0.2, -0.15) is 0 Å². The molecule has 0 saturated carbocycles. The molecule has 3 aromatic carbocycles. The predicted molar refractivity (Wildman–Crippen MR) is 171 cm³/mol. The number of aromatic nitrogens is 3. The molecule has 0 aliphatic heterocycles. The molecule has 7 N–H and O–H groups in total. The van der Waals surface area contributed by atoms with Crippen LogP contribution in [0.4, 0.5) is 4.79 Å². The van der Waals surface area contributed by atoms with Crippen molar-refractivity contribution in [3.8, 4) is 0 Å². The van der Waals surface area contributed by atoms with Crippen molar-refractivity contribution in [2.75, 3.05) is 0 Å². The summed E-state index contributed by atoms with van der Waals surface area (Å²) in [6.45, 7) is 0.0166. The fourth-order valence-corrected chi connectivity index (χ4v) is 5.08. The molecule has 0 unspecified atom stereocenters. The van der Waals surface area contributed by atoms with E-state index >= 15 is 0 Å². The second kappa shape index (κ2) is 15.2. The van der Waals surface area contributed by atoms with E-state index in [1.807, 2.05) is 84.9 Å². The lowest BCUT2D eigenvalue weighted by Crippen LogP contribution is -2.57. The number of para-hydroxylation sites is 1. The number of nitrogens with zero attached hydrogens (tertiary/aromatic N) is 1. The molecule has 0 fully saturated rings. The first-order valence-electron chi connectivity index (χ1n) is 14.8. The number of ether oxygens (including phenoxy) is 1. The van der Waals surface area contributed by atoms with Crippen molar-refractivity contribution in [3.63, 3.8) is 0 Å². The van der Waals surface area contributed by atoms with E-state index in [0.29, 0.717) is 5.69 Å². The summed E-state index contributed by atoms with van der Waals surface area (Å²) in [5.74, 6) is -1.97. The van der Waals surface area contributed by atoms with E-state index in [0.717, 1.165) is 27.6 Å². The third-order valence-electron chi connectivity index (χ3n) is 7.47. The molecular formula is C34H35N7O5. The van der Waals surface area contributed by atoms with Crippen LogP contribution >= 0.6 is 0 Å². The summed E-state index contributed by atoms with van der Waals surface area (Å²) in [5.41, 5.74) is 9.44. The van der Waals surface area contributed by atoms with Crippen LogP contribution in [0.1, 0.15) is 22.4 Å². The Morgan fingerprint density at radius 3 is 2.02 bits per heavy atom. The Morgan fingerprint density at radius 2 is 1.35 bits per heavy atom. The fraction of sp³-hybridized carbons (Fsp3) is 0.206. The summed E-state index contributed by atoms with van der Waals surface area (Å²) in [7, 11) is 0. The average Bonchev–Trinajstić information content (AvgIpc) is 3.74. The molecule has 5 aromatic rings. The van der Waals surface area contributed by atoms with Crippen molar-refractivity contribution < 1.29 is 23.9 Å². The van der Waals surface area contributed by atoms with Crippen LogP contribution in [-0.2, 0) is 45.0 Å². The van der Waals surface area contributed by atoms with E-state index in [1.165, 1.54) is 12.5 Å². The number of hydrogen-bond acceptors (Lipinski definition) is 6. The van der Waals surface area contributed by atoms with Gasteiger partial charge in [-0.3, -0.25) is 14.4 Å². The van der Waals surface area contributed by atoms with Crippen LogP contribution in [0.15, 0.2) is 104 Å². The highest BCUT2D eigenvalue weighted by atomic mass is 16.5. The maximum Gasteiger partial charge on any atom is 0.408 e. The highest BCUT2D eigenvalue weighted by Gasteiger charge is 2.30. The lowest BCUT2D eigenvalue weighted by atomic mass is 10.0. The Hall–Kier alpha value is -5.91. The molecular weight excluding hydrogens is 586 g/mol. The van der Waals surface area contributed by atoms with Gasteiger partial charge in [-0.05, 0) is 22.8 Å². The van der Waals surface area contributed by atoms with E-state index in [2.05, 4.69) is 30.9 Å².